The molecule has 0 radical (unpaired) electrons. The molecule has 0 aromatic carbocycles. The second-order valence-electron chi connectivity index (χ2n) is 1.52. The van der Waals surface area contributed by atoms with Crippen LogP contribution in [0.3, 0.4) is 0 Å². The molecule has 3 nitrogen and oxygen atoms in total. The van der Waals surface area contributed by atoms with Crippen molar-refractivity contribution in [3.05, 3.63) is 0 Å². The molecular formula is C6H12O3. The quantitative estimate of drug-likeness (QED) is 0.414. The van der Waals surface area contributed by atoms with Crippen LogP contribution in [0.1, 0.15) is 13.3 Å². The van der Waals surface area contributed by atoms with Crippen LogP contribution >= 0.6 is 0 Å². The minimum atomic E-state index is -0.219. The highest BCUT2D eigenvalue weighted by Gasteiger charge is 1.96. The largest absolute Gasteiger partial charge is 0.469 e. The van der Waals surface area contributed by atoms with Gasteiger partial charge in [0.05, 0.1) is 20.1 Å². The Morgan fingerprint density at radius 3 is 2.67 bits per heavy atom. The van der Waals surface area contributed by atoms with Crippen molar-refractivity contribution in [1.29, 1.82) is 0 Å². The average Bonchev–Trinajstić information content (AvgIpc) is 1.89. The molecule has 0 saturated carbocycles. The summed E-state index contributed by atoms with van der Waals surface area (Å²) >= 11 is 0. The van der Waals surface area contributed by atoms with E-state index >= 15 is 0 Å². The molecule has 3 heteroatoms. The van der Waals surface area contributed by atoms with Gasteiger partial charge in [-0.25, -0.2) is 0 Å². The van der Waals surface area contributed by atoms with Gasteiger partial charge in [0.15, 0.2) is 0 Å². The molecule has 0 N–H and O–H groups in total. The fraction of sp³-hybridized carbons (Fsp3) is 0.833. The third-order valence-corrected chi connectivity index (χ3v) is 0.882. The van der Waals surface area contributed by atoms with Gasteiger partial charge in [0.25, 0.3) is 0 Å². The Bertz CT molecular complexity index is 80.4. The van der Waals surface area contributed by atoms with Gasteiger partial charge in [-0.05, 0) is 6.92 Å². The zero-order valence-corrected chi connectivity index (χ0v) is 5.85. The molecular weight excluding hydrogens is 120 g/mol. The fourth-order valence-corrected chi connectivity index (χ4v) is 0.402. The van der Waals surface area contributed by atoms with E-state index in [1.165, 1.54) is 7.11 Å². The number of carbonyl (C=O) groups is 1. The summed E-state index contributed by atoms with van der Waals surface area (Å²) in [7, 11) is 1.37. The van der Waals surface area contributed by atoms with Crippen molar-refractivity contribution in [2.75, 3.05) is 20.3 Å². The topological polar surface area (TPSA) is 35.5 Å². The maximum atomic E-state index is 10.4. The van der Waals surface area contributed by atoms with E-state index in [4.69, 9.17) is 4.74 Å². The molecule has 0 aliphatic rings. The lowest BCUT2D eigenvalue weighted by atomic mass is 10.5. The number of hydrogen-bond acceptors (Lipinski definition) is 3. The lowest BCUT2D eigenvalue weighted by Crippen LogP contribution is -2.05. The van der Waals surface area contributed by atoms with Crippen LogP contribution in [0.2, 0.25) is 0 Å². The van der Waals surface area contributed by atoms with Crippen LogP contribution in [0.4, 0.5) is 0 Å². The minimum Gasteiger partial charge on any atom is -0.469 e. The fourth-order valence-electron chi connectivity index (χ4n) is 0.402. The highest BCUT2D eigenvalue weighted by molar-refractivity contribution is 5.69. The van der Waals surface area contributed by atoms with E-state index in [0.717, 1.165) is 0 Å². The normalized spacial score (nSPS) is 9.11. The Hall–Kier alpha value is -0.570. The van der Waals surface area contributed by atoms with Crippen molar-refractivity contribution >= 4 is 5.97 Å². The molecule has 0 saturated heterocycles. The Kier molecular flexibility index (Phi) is 5.21. The van der Waals surface area contributed by atoms with Crippen molar-refractivity contribution in [2.24, 2.45) is 0 Å². The van der Waals surface area contributed by atoms with Crippen LogP contribution in [0.5, 0.6) is 0 Å². The second kappa shape index (κ2) is 5.56. The molecule has 0 aromatic rings. The van der Waals surface area contributed by atoms with Crippen LogP contribution < -0.4 is 0 Å². The third kappa shape index (κ3) is 5.30. The summed E-state index contributed by atoms with van der Waals surface area (Å²) in [6.07, 6.45) is 0.352. The number of carbonyl (C=O) groups excluding carboxylic acids is 1. The summed E-state index contributed by atoms with van der Waals surface area (Å²) in [4.78, 5) is 10.4. The molecule has 0 aliphatic carbocycles. The molecule has 0 bridgehead atoms. The number of methoxy groups -OCH3 is 1. The van der Waals surface area contributed by atoms with Gasteiger partial charge < -0.3 is 9.47 Å². The zero-order valence-electron chi connectivity index (χ0n) is 5.85. The predicted molar refractivity (Wildman–Crippen MR) is 33.1 cm³/mol. The molecule has 0 unspecified atom stereocenters. The lowest BCUT2D eigenvalue weighted by molar-refractivity contribution is -0.141. The summed E-state index contributed by atoms with van der Waals surface area (Å²) < 4.78 is 9.28. The molecule has 0 amide bonds. The standard InChI is InChI=1S/C6H12O3/c1-3-9-5-4-6(7)8-2/h3-5H2,1-2H3. The van der Waals surface area contributed by atoms with Gasteiger partial charge in [0, 0.05) is 6.61 Å². The maximum Gasteiger partial charge on any atom is 0.307 e. The summed E-state index contributed by atoms with van der Waals surface area (Å²) in [6.45, 7) is 3.00. The molecule has 0 heterocycles. The van der Waals surface area contributed by atoms with Crippen LogP contribution in [0.15, 0.2) is 0 Å². The van der Waals surface area contributed by atoms with Crippen molar-refractivity contribution in [2.45, 2.75) is 13.3 Å². The summed E-state index contributed by atoms with van der Waals surface area (Å²) in [5, 5.41) is 0. The van der Waals surface area contributed by atoms with E-state index in [1.54, 1.807) is 0 Å². The number of hydrogen-bond donors (Lipinski definition) is 0. The first kappa shape index (κ1) is 8.43. The van der Waals surface area contributed by atoms with Crippen molar-refractivity contribution < 1.29 is 14.3 Å². The Balaban J connectivity index is 2.97. The Morgan fingerprint density at radius 1 is 1.56 bits per heavy atom. The van der Waals surface area contributed by atoms with Crippen LogP contribution in [0, 0.1) is 0 Å². The van der Waals surface area contributed by atoms with Crippen LogP contribution in [0.25, 0.3) is 0 Å². The van der Waals surface area contributed by atoms with E-state index in [-0.39, 0.29) is 5.97 Å². The van der Waals surface area contributed by atoms with Gasteiger partial charge in [-0.2, -0.15) is 0 Å². The van der Waals surface area contributed by atoms with Gasteiger partial charge in [-0.1, -0.05) is 0 Å². The Morgan fingerprint density at radius 2 is 2.22 bits per heavy atom. The summed E-state index contributed by atoms with van der Waals surface area (Å²) in [5.74, 6) is -0.219. The number of ether oxygens (including phenoxy) is 2. The molecule has 0 aromatic heterocycles. The first-order chi connectivity index (χ1) is 4.31. The molecule has 9 heavy (non-hydrogen) atoms. The SMILES string of the molecule is CCOCCC(=O)OC. The first-order valence-electron chi connectivity index (χ1n) is 2.95. The highest BCUT2D eigenvalue weighted by atomic mass is 16.5. The monoisotopic (exact) mass is 132 g/mol. The molecule has 0 atom stereocenters. The molecule has 0 spiro atoms. The zero-order chi connectivity index (χ0) is 7.11. The van der Waals surface area contributed by atoms with Crippen LogP contribution in [-0.2, 0) is 14.3 Å². The summed E-state index contributed by atoms with van der Waals surface area (Å²) in [5.41, 5.74) is 0. The van der Waals surface area contributed by atoms with E-state index in [2.05, 4.69) is 4.74 Å². The van der Waals surface area contributed by atoms with Gasteiger partial charge >= 0.3 is 5.97 Å². The molecule has 54 valence electrons. The number of esters is 1. The van der Waals surface area contributed by atoms with E-state index in [1.807, 2.05) is 6.92 Å². The molecule has 0 aliphatic heterocycles. The maximum absolute atomic E-state index is 10.4. The smallest absolute Gasteiger partial charge is 0.307 e. The van der Waals surface area contributed by atoms with Crippen molar-refractivity contribution in [3.8, 4) is 0 Å². The van der Waals surface area contributed by atoms with E-state index in [9.17, 15) is 4.79 Å². The lowest BCUT2D eigenvalue weighted by Gasteiger charge is -1.97. The number of rotatable bonds is 4. The van der Waals surface area contributed by atoms with Crippen molar-refractivity contribution in [3.63, 3.8) is 0 Å². The van der Waals surface area contributed by atoms with Gasteiger partial charge in [-0.15, -0.1) is 0 Å². The average molecular weight is 132 g/mol. The summed E-state index contributed by atoms with van der Waals surface area (Å²) in [6, 6.07) is 0. The van der Waals surface area contributed by atoms with E-state index in [0.29, 0.717) is 19.6 Å². The van der Waals surface area contributed by atoms with E-state index < -0.39 is 0 Å². The third-order valence-electron chi connectivity index (χ3n) is 0.882. The highest BCUT2D eigenvalue weighted by Crippen LogP contribution is 1.84. The van der Waals surface area contributed by atoms with Gasteiger partial charge in [-0.3, -0.25) is 4.79 Å². The minimum absolute atomic E-state index is 0.219. The molecule has 0 fully saturated rings. The predicted octanol–water partition coefficient (Wildman–Crippen LogP) is 0.586. The van der Waals surface area contributed by atoms with Gasteiger partial charge in [0.2, 0.25) is 0 Å². The second-order valence-corrected chi connectivity index (χ2v) is 1.52. The van der Waals surface area contributed by atoms with Gasteiger partial charge in [0.1, 0.15) is 0 Å². The molecule has 0 rings (SSSR count). The van der Waals surface area contributed by atoms with Crippen molar-refractivity contribution in [1.82, 2.24) is 0 Å². The van der Waals surface area contributed by atoms with Crippen LogP contribution in [-0.4, -0.2) is 26.3 Å². The first-order valence-corrected chi connectivity index (χ1v) is 2.95. The Labute approximate surface area is 55.0 Å².